The van der Waals surface area contributed by atoms with Crippen LogP contribution in [0.15, 0.2) is 0 Å². The number of H-pyrrole nitrogens is 1. The molecule has 0 radical (unpaired) electrons. The highest BCUT2D eigenvalue weighted by atomic mass is 32.1. The topological polar surface area (TPSA) is 83.6 Å². The molecule has 0 saturated heterocycles. The largest absolute Gasteiger partial charge is 0.297 e. The highest BCUT2D eigenvalue weighted by Gasteiger charge is 2.19. The normalized spacial score (nSPS) is 13.6. The lowest BCUT2D eigenvalue weighted by Gasteiger charge is -1.96. The molecule has 0 saturated carbocycles. The van der Waals surface area contributed by atoms with Crippen LogP contribution < -0.4 is 5.32 Å². The molecule has 0 bridgehead atoms. The van der Waals surface area contributed by atoms with Gasteiger partial charge in [0, 0.05) is 11.3 Å². The Morgan fingerprint density at radius 3 is 3.06 bits per heavy atom. The third-order valence-electron chi connectivity index (χ3n) is 2.89. The Kier molecular flexibility index (Phi) is 2.83. The van der Waals surface area contributed by atoms with E-state index in [1.807, 2.05) is 6.92 Å². The minimum atomic E-state index is -0.307. The van der Waals surface area contributed by atoms with Crippen LogP contribution in [0.25, 0.3) is 0 Å². The summed E-state index contributed by atoms with van der Waals surface area (Å²) in [5.74, 6) is 0.572. The summed E-state index contributed by atoms with van der Waals surface area (Å²) in [7, 11) is 0. The Hall–Kier alpha value is -1.76. The third-order valence-corrected chi connectivity index (χ3v) is 3.96. The molecule has 2 heterocycles. The smallest absolute Gasteiger partial charge is 0.295 e. The standard InChI is InChI=1S/C11H13N5OS/c1-2-8-13-9(16-15-8)10(17)14-11-12-6-4-3-5-7(6)18-11/h2-5H2,1H3,(H,12,14,17)(H,13,15,16). The van der Waals surface area contributed by atoms with Gasteiger partial charge >= 0.3 is 0 Å². The van der Waals surface area contributed by atoms with Crippen molar-refractivity contribution in [1.82, 2.24) is 20.2 Å². The van der Waals surface area contributed by atoms with Gasteiger partial charge in [-0.25, -0.2) is 9.97 Å². The SMILES string of the molecule is CCc1nc(C(=O)Nc2nc3c(s2)CCC3)n[nH]1. The van der Waals surface area contributed by atoms with E-state index >= 15 is 0 Å². The van der Waals surface area contributed by atoms with E-state index in [1.165, 1.54) is 11.3 Å². The number of aromatic nitrogens is 4. The number of nitrogens with one attached hydrogen (secondary N) is 2. The average molecular weight is 263 g/mol. The first-order chi connectivity index (χ1) is 8.76. The second-order valence-electron chi connectivity index (χ2n) is 4.16. The van der Waals surface area contributed by atoms with Gasteiger partial charge < -0.3 is 0 Å². The molecule has 7 heteroatoms. The maximum absolute atomic E-state index is 11.9. The van der Waals surface area contributed by atoms with Crippen LogP contribution >= 0.6 is 11.3 Å². The lowest BCUT2D eigenvalue weighted by molar-refractivity contribution is 0.101. The van der Waals surface area contributed by atoms with Crippen LogP contribution in [0.4, 0.5) is 5.13 Å². The maximum Gasteiger partial charge on any atom is 0.297 e. The number of thiazole rings is 1. The Morgan fingerprint density at radius 1 is 1.44 bits per heavy atom. The second kappa shape index (κ2) is 4.49. The number of aromatic amines is 1. The van der Waals surface area contributed by atoms with Crippen LogP contribution in [0.2, 0.25) is 0 Å². The number of rotatable bonds is 3. The molecule has 2 aromatic rings. The van der Waals surface area contributed by atoms with Gasteiger partial charge in [-0.2, -0.15) is 0 Å². The molecule has 2 N–H and O–H groups in total. The van der Waals surface area contributed by atoms with Crippen LogP contribution in [0, 0.1) is 0 Å². The van der Waals surface area contributed by atoms with E-state index in [-0.39, 0.29) is 11.7 Å². The number of carbonyl (C=O) groups is 1. The summed E-state index contributed by atoms with van der Waals surface area (Å²) in [5, 5.41) is 9.99. The molecule has 0 atom stereocenters. The van der Waals surface area contributed by atoms with Crippen molar-refractivity contribution in [1.29, 1.82) is 0 Å². The first-order valence-electron chi connectivity index (χ1n) is 5.97. The van der Waals surface area contributed by atoms with Crippen LogP contribution in [0.3, 0.4) is 0 Å². The van der Waals surface area contributed by atoms with Gasteiger partial charge in [0.05, 0.1) is 5.69 Å². The second-order valence-corrected chi connectivity index (χ2v) is 5.24. The highest BCUT2D eigenvalue weighted by molar-refractivity contribution is 7.15. The Labute approximate surface area is 108 Å². The van der Waals surface area contributed by atoms with Crippen LogP contribution in [-0.4, -0.2) is 26.1 Å². The first kappa shape index (κ1) is 11.3. The zero-order valence-electron chi connectivity index (χ0n) is 9.99. The van der Waals surface area contributed by atoms with E-state index in [0.717, 1.165) is 25.0 Å². The van der Waals surface area contributed by atoms with Gasteiger partial charge in [-0.1, -0.05) is 6.92 Å². The predicted molar refractivity (Wildman–Crippen MR) is 67.9 cm³/mol. The lowest BCUT2D eigenvalue weighted by Crippen LogP contribution is -2.13. The maximum atomic E-state index is 11.9. The van der Waals surface area contributed by atoms with Crippen molar-refractivity contribution in [2.45, 2.75) is 32.6 Å². The van der Waals surface area contributed by atoms with Crippen LogP contribution in [-0.2, 0) is 19.3 Å². The van der Waals surface area contributed by atoms with Crippen molar-refractivity contribution in [2.75, 3.05) is 5.32 Å². The fraction of sp³-hybridized carbons (Fsp3) is 0.455. The molecule has 0 spiro atoms. The molecular weight excluding hydrogens is 250 g/mol. The van der Waals surface area contributed by atoms with Gasteiger partial charge in [0.25, 0.3) is 5.91 Å². The number of carbonyl (C=O) groups excluding carboxylic acids is 1. The molecule has 94 valence electrons. The molecule has 0 aromatic carbocycles. The van der Waals surface area contributed by atoms with Gasteiger partial charge in [-0.3, -0.25) is 15.2 Å². The summed E-state index contributed by atoms with van der Waals surface area (Å²) < 4.78 is 0. The summed E-state index contributed by atoms with van der Waals surface area (Å²) in [5.41, 5.74) is 1.12. The van der Waals surface area contributed by atoms with Gasteiger partial charge in [-0.05, 0) is 19.3 Å². The summed E-state index contributed by atoms with van der Waals surface area (Å²) >= 11 is 1.55. The van der Waals surface area contributed by atoms with E-state index in [0.29, 0.717) is 11.0 Å². The summed E-state index contributed by atoms with van der Waals surface area (Å²) in [6.45, 7) is 1.95. The number of anilines is 1. The minimum absolute atomic E-state index is 0.169. The third kappa shape index (κ3) is 2.01. The molecule has 1 amide bonds. The molecule has 0 unspecified atom stereocenters. The monoisotopic (exact) mass is 263 g/mol. The van der Waals surface area contributed by atoms with Crippen molar-refractivity contribution in [3.63, 3.8) is 0 Å². The van der Waals surface area contributed by atoms with E-state index in [4.69, 9.17) is 0 Å². The molecule has 18 heavy (non-hydrogen) atoms. The van der Waals surface area contributed by atoms with Gasteiger partial charge in [-0.15, -0.1) is 16.4 Å². The van der Waals surface area contributed by atoms with Crippen molar-refractivity contribution in [2.24, 2.45) is 0 Å². The van der Waals surface area contributed by atoms with Crippen molar-refractivity contribution < 1.29 is 4.79 Å². The highest BCUT2D eigenvalue weighted by Crippen LogP contribution is 2.30. The fourth-order valence-electron chi connectivity index (χ4n) is 1.95. The van der Waals surface area contributed by atoms with Gasteiger partial charge in [0.1, 0.15) is 5.82 Å². The summed E-state index contributed by atoms with van der Waals surface area (Å²) in [6, 6.07) is 0. The number of hydrogen-bond acceptors (Lipinski definition) is 5. The number of aryl methyl sites for hydroxylation is 3. The Morgan fingerprint density at radius 2 is 2.33 bits per heavy atom. The molecule has 3 rings (SSSR count). The molecule has 0 fully saturated rings. The first-order valence-corrected chi connectivity index (χ1v) is 6.79. The fourth-order valence-corrected chi connectivity index (χ4v) is 3.00. The van der Waals surface area contributed by atoms with Gasteiger partial charge in [0.15, 0.2) is 5.13 Å². The molecule has 2 aromatic heterocycles. The molecule has 0 aliphatic heterocycles. The molecular formula is C11H13N5OS. The summed E-state index contributed by atoms with van der Waals surface area (Å²) in [4.78, 5) is 21.7. The number of amides is 1. The number of hydrogen-bond donors (Lipinski definition) is 2. The minimum Gasteiger partial charge on any atom is -0.295 e. The van der Waals surface area contributed by atoms with Gasteiger partial charge in [0.2, 0.25) is 5.82 Å². The Bertz CT molecular complexity index is 567. The predicted octanol–water partition coefficient (Wildman–Crippen LogP) is 1.56. The van der Waals surface area contributed by atoms with Crippen LogP contribution in [0.1, 0.15) is 40.4 Å². The number of nitrogens with zero attached hydrogens (tertiary/aromatic N) is 3. The van der Waals surface area contributed by atoms with Crippen LogP contribution in [0.5, 0.6) is 0 Å². The summed E-state index contributed by atoms with van der Waals surface area (Å²) in [6.07, 6.45) is 3.99. The number of fused-ring (bicyclic) bond motifs is 1. The van der Waals surface area contributed by atoms with E-state index in [1.54, 1.807) is 11.3 Å². The Balaban J connectivity index is 1.73. The zero-order chi connectivity index (χ0) is 12.5. The van der Waals surface area contributed by atoms with E-state index in [2.05, 4.69) is 25.5 Å². The van der Waals surface area contributed by atoms with Crippen molar-refractivity contribution >= 4 is 22.4 Å². The molecule has 1 aliphatic carbocycles. The van der Waals surface area contributed by atoms with Crippen molar-refractivity contribution in [3.05, 3.63) is 22.2 Å². The molecule has 1 aliphatic rings. The quantitative estimate of drug-likeness (QED) is 0.880. The van der Waals surface area contributed by atoms with E-state index < -0.39 is 0 Å². The molecule has 6 nitrogen and oxygen atoms in total. The average Bonchev–Trinajstić information content (AvgIpc) is 3.02. The lowest BCUT2D eigenvalue weighted by atomic mass is 10.4. The van der Waals surface area contributed by atoms with E-state index in [9.17, 15) is 4.79 Å². The zero-order valence-corrected chi connectivity index (χ0v) is 10.8. The van der Waals surface area contributed by atoms with Crippen molar-refractivity contribution in [3.8, 4) is 0 Å².